The van der Waals surface area contributed by atoms with E-state index in [2.05, 4.69) is 9.97 Å². The van der Waals surface area contributed by atoms with Crippen LogP contribution >= 0.6 is 0 Å². The monoisotopic (exact) mass is 263 g/mol. The first-order valence-corrected chi connectivity index (χ1v) is 7.02. The second-order valence-electron chi connectivity index (χ2n) is 5.56. The van der Waals surface area contributed by atoms with E-state index in [0.717, 1.165) is 51.2 Å². The maximum absolute atomic E-state index is 6.38. The third-order valence-corrected chi connectivity index (χ3v) is 4.39. The predicted octanol–water partition coefficient (Wildman–Crippen LogP) is 1.45. The molecule has 5 heteroatoms. The molecule has 3 heterocycles. The first-order chi connectivity index (χ1) is 9.29. The maximum atomic E-state index is 6.38. The highest BCUT2D eigenvalue weighted by Gasteiger charge is 2.41. The normalized spacial score (nSPS) is 28.2. The lowest BCUT2D eigenvalue weighted by atomic mass is 9.77. The van der Waals surface area contributed by atoms with Crippen LogP contribution in [0.2, 0.25) is 0 Å². The molecule has 19 heavy (non-hydrogen) atoms. The van der Waals surface area contributed by atoms with E-state index in [1.165, 1.54) is 0 Å². The lowest BCUT2D eigenvalue weighted by molar-refractivity contribution is -0.149. The lowest BCUT2D eigenvalue weighted by Crippen LogP contribution is -2.46. The molecule has 2 atom stereocenters. The van der Waals surface area contributed by atoms with E-state index >= 15 is 0 Å². The van der Waals surface area contributed by atoms with Crippen molar-refractivity contribution in [3.63, 3.8) is 0 Å². The molecule has 1 aromatic rings. The van der Waals surface area contributed by atoms with Crippen molar-refractivity contribution in [3.8, 4) is 0 Å². The summed E-state index contributed by atoms with van der Waals surface area (Å²) in [7, 11) is 0. The van der Waals surface area contributed by atoms with Gasteiger partial charge in [-0.1, -0.05) is 0 Å². The molecule has 2 unspecified atom stereocenters. The Balaban J connectivity index is 1.71. The molecule has 1 aromatic heterocycles. The molecular formula is C14H21N3O2. The van der Waals surface area contributed by atoms with Crippen LogP contribution in [0.4, 0.5) is 0 Å². The number of aromatic nitrogens is 2. The van der Waals surface area contributed by atoms with Gasteiger partial charge in [-0.25, -0.2) is 9.97 Å². The van der Waals surface area contributed by atoms with Gasteiger partial charge >= 0.3 is 0 Å². The summed E-state index contributed by atoms with van der Waals surface area (Å²) in [5.41, 5.74) is 7.31. The Morgan fingerprint density at radius 2 is 2.16 bits per heavy atom. The van der Waals surface area contributed by atoms with Gasteiger partial charge in [0, 0.05) is 26.0 Å². The van der Waals surface area contributed by atoms with Gasteiger partial charge in [0.1, 0.15) is 6.33 Å². The number of nitrogens with two attached hydrogens (primary N) is 1. The Kier molecular flexibility index (Phi) is 3.77. The number of hydrogen-bond donors (Lipinski definition) is 1. The van der Waals surface area contributed by atoms with E-state index < -0.39 is 0 Å². The smallest absolute Gasteiger partial charge is 0.115 e. The van der Waals surface area contributed by atoms with Crippen LogP contribution in [-0.2, 0) is 9.47 Å². The maximum Gasteiger partial charge on any atom is 0.115 e. The third kappa shape index (κ3) is 2.78. The van der Waals surface area contributed by atoms with E-state index in [1.54, 1.807) is 12.5 Å². The van der Waals surface area contributed by atoms with Gasteiger partial charge in [0.05, 0.1) is 17.3 Å². The second-order valence-corrected chi connectivity index (χ2v) is 5.56. The predicted molar refractivity (Wildman–Crippen MR) is 70.4 cm³/mol. The van der Waals surface area contributed by atoms with Crippen molar-refractivity contribution < 1.29 is 9.47 Å². The minimum atomic E-state index is -0.0216. The summed E-state index contributed by atoms with van der Waals surface area (Å²) >= 11 is 0. The fourth-order valence-electron chi connectivity index (χ4n) is 3.20. The van der Waals surface area contributed by atoms with Crippen LogP contribution in [0.25, 0.3) is 0 Å². The van der Waals surface area contributed by atoms with Crippen molar-refractivity contribution in [2.75, 3.05) is 19.8 Å². The van der Waals surface area contributed by atoms with Gasteiger partial charge < -0.3 is 15.2 Å². The second kappa shape index (κ2) is 5.53. The molecule has 2 N–H and O–H groups in total. The molecule has 2 aliphatic rings. The van der Waals surface area contributed by atoms with Crippen LogP contribution in [0.1, 0.15) is 37.4 Å². The lowest BCUT2D eigenvalue weighted by Gasteiger charge is -2.44. The first-order valence-electron chi connectivity index (χ1n) is 7.02. The summed E-state index contributed by atoms with van der Waals surface area (Å²) < 4.78 is 11.5. The standard InChI is InChI=1S/C14H21N3O2/c15-13(12-1-5-16-10-17-12)11-2-6-19-14(9-11)3-7-18-8-4-14/h1,5,10-11,13H,2-4,6-9,15H2. The van der Waals surface area contributed by atoms with Gasteiger partial charge in [-0.2, -0.15) is 0 Å². The van der Waals surface area contributed by atoms with Crippen LogP contribution in [-0.4, -0.2) is 35.4 Å². The van der Waals surface area contributed by atoms with Crippen LogP contribution < -0.4 is 5.73 Å². The van der Waals surface area contributed by atoms with E-state index in [-0.39, 0.29) is 11.6 Å². The van der Waals surface area contributed by atoms with Crippen LogP contribution in [0.5, 0.6) is 0 Å². The van der Waals surface area contributed by atoms with Crippen molar-refractivity contribution in [1.29, 1.82) is 0 Å². The van der Waals surface area contributed by atoms with E-state index in [0.29, 0.717) is 5.92 Å². The average Bonchev–Trinajstić information content (AvgIpc) is 2.48. The number of nitrogens with zero attached hydrogens (tertiary/aromatic N) is 2. The van der Waals surface area contributed by atoms with Crippen molar-refractivity contribution in [2.45, 2.75) is 37.3 Å². The Morgan fingerprint density at radius 1 is 1.32 bits per heavy atom. The van der Waals surface area contributed by atoms with Crippen molar-refractivity contribution in [3.05, 3.63) is 24.3 Å². The topological polar surface area (TPSA) is 70.3 Å². The zero-order valence-corrected chi connectivity index (χ0v) is 11.1. The Bertz CT molecular complexity index is 401. The van der Waals surface area contributed by atoms with Crippen LogP contribution in [0, 0.1) is 5.92 Å². The molecule has 0 saturated carbocycles. The zero-order chi connectivity index (χ0) is 13.1. The zero-order valence-electron chi connectivity index (χ0n) is 11.1. The number of rotatable bonds is 2. The summed E-state index contributed by atoms with van der Waals surface area (Å²) in [6.45, 7) is 2.40. The molecule has 1 spiro atoms. The van der Waals surface area contributed by atoms with Gasteiger partial charge in [-0.3, -0.25) is 0 Å². The summed E-state index contributed by atoms with van der Waals surface area (Å²) in [6, 6.07) is 1.89. The molecule has 5 nitrogen and oxygen atoms in total. The largest absolute Gasteiger partial charge is 0.381 e. The molecular weight excluding hydrogens is 242 g/mol. The fraction of sp³-hybridized carbons (Fsp3) is 0.714. The Hall–Kier alpha value is -1.04. The minimum absolute atomic E-state index is 0.00812. The third-order valence-electron chi connectivity index (χ3n) is 4.39. The number of ether oxygens (including phenoxy) is 2. The summed E-state index contributed by atoms with van der Waals surface area (Å²) in [5.74, 6) is 0.432. The molecule has 2 saturated heterocycles. The fourth-order valence-corrected chi connectivity index (χ4v) is 3.20. The minimum Gasteiger partial charge on any atom is -0.381 e. The molecule has 104 valence electrons. The molecule has 0 bridgehead atoms. The molecule has 0 aromatic carbocycles. The van der Waals surface area contributed by atoms with Gasteiger partial charge in [0.2, 0.25) is 0 Å². The van der Waals surface area contributed by atoms with E-state index in [9.17, 15) is 0 Å². The summed E-state index contributed by atoms with van der Waals surface area (Å²) in [4.78, 5) is 8.23. The van der Waals surface area contributed by atoms with Crippen molar-refractivity contribution in [1.82, 2.24) is 9.97 Å². The average molecular weight is 263 g/mol. The quantitative estimate of drug-likeness (QED) is 0.874. The van der Waals surface area contributed by atoms with Crippen molar-refractivity contribution in [2.24, 2.45) is 11.7 Å². The van der Waals surface area contributed by atoms with E-state index in [1.807, 2.05) is 6.07 Å². The Morgan fingerprint density at radius 3 is 2.89 bits per heavy atom. The van der Waals surface area contributed by atoms with Crippen molar-refractivity contribution >= 4 is 0 Å². The van der Waals surface area contributed by atoms with Gasteiger partial charge in [-0.15, -0.1) is 0 Å². The summed E-state index contributed by atoms with van der Waals surface area (Å²) in [5, 5.41) is 0. The Labute approximate surface area is 113 Å². The highest BCUT2D eigenvalue weighted by atomic mass is 16.5. The van der Waals surface area contributed by atoms with Gasteiger partial charge in [0.15, 0.2) is 0 Å². The number of hydrogen-bond acceptors (Lipinski definition) is 5. The molecule has 3 rings (SSSR count). The molecule has 2 fully saturated rings. The highest BCUT2D eigenvalue weighted by molar-refractivity contribution is 5.07. The molecule has 0 amide bonds. The van der Waals surface area contributed by atoms with Crippen LogP contribution in [0.15, 0.2) is 18.6 Å². The van der Waals surface area contributed by atoms with E-state index in [4.69, 9.17) is 15.2 Å². The SMILES string of the molecule is NC(c1ccncn1)C1CCOC2(CCOCC2)C1. The summed E-state index contributed by atoms with van der Waals surface area (Å²) in [6.07, 6.45) is 7.32. The van der Waals surface area contributed by atoms with Gasteiger partial charge in [0.25, 0.3) is 0 Å². The molecule has 0 radical (unpaired) electrons. The molecule has 2 aliphatic heterocycles. The van der Waals surface area contributed by atoms with Gasteiger partial charge in [-0.05, 0) is 37.7 Å². The molecule has 0 aliphatic carbocycles. The van der Waals surface area contributed by atoms with Crippen LogP contribution in [0.3, 0.4) is 0 Å². The first kappa shape index (κ1) is 13.0. The highest BCUT2D eigenvalue weighted by Crippen LogP contribution is 2.40.